The molecule has 2 atom stereocenters. The molecule has 0 aromatic carbocycles. The Morgan fingerprint density at radius 2 is 2.05 bits per heavy atom. The second-order valence-electron chi connectivity index (χ2n) is 6.32. The molecule has 0 aromatic heterocycles. The molecule has 4 nitrogen and oxygen atoms in total. The number of carbonyl (C=O) groups excluding carboxylic acids is 1. The first-order valence-electron chi connectivity index (χ1n) is 8.69. The van der Waals surface area contributed by atoms with Crippen LogP contribution in [0.15, 0.2) is 0 Å². The molecule has 1 N–H and O–H groups in total. The highest BCUT2D eigenvalue weighted by Crippen LogP contribution is 2.22. The van der Waals surface area contributed by atoms with Crippen molar-refractivity contribution in [1.29, 1.82) is 0 Å². The molecule has 1 rings (SSSR count). The molecule has 0 aromatic rings. The molecule has 0 aliphatic carbocycles. The molecule has 0 radical (unpaired) electrons. The van der Waals surface area contributed by atoms with Gasteiger partial charge < -0.3 is 10.1 Å². The van der Waals surface area contributed by atoms with E-state index in [-0.39, 0.29) is 11.8 Å². The Hall–Kier alpha value is -0.610. The van der Waals surface area contributed by atoms with E-state index in [0.717, 1.165) is 58.3 Å². The summed E-state index contributed by atoms with van der Waals surface area (Å²) in [6.45, 7) is 8.18. The number of carbonyl (C=O) groups is 1. The van der Waals surface area contributed by atoms with Crippen LogP contribution in [0, 0.1) is 5.92 Å². The maximum Gasteiger partial charge on any atom is 0.224 e. The lowest BCUT2D eigenvalue weighted by Gasteiger charge is -2.37. The van der Waals surface area contributed by atoms with Crippen LogP contribution in [-0.2, 0) is 9.53 Å². The maximum atomic E-state index is 12.2. The molecule has 4 heteroatoms. The molecule has 1 amide bonds. The van der Waals surface area contributed by atoms with Gasteiger partial charge in [0.25, 0.3) is 0 Å². The van der Waals surface area contributed by atoms with Crippen molar-refractivity contribution in [3.63, 3.8) is 0 Å². The SMILES string of the molecule is CCCCNC(=O)[C@@H]1CC[C@H](C)N(CCCCCOC)C1. The summed E-state index contributed by atoms with van der Waals surface area (Å²) in [5.74, 6) is 0.455. The molecule has 0 spiro atoms. The van der Waals surface area contributed by atoms with Gasteiger partial charge in [0, 0.05) is 32.8 Å². The van der Waals surface area contributed by atoms with E-state index in [0.29, 0.717) is 6.04 Å². The number of ether oxygens (including phenoxy) is 1. The second kappa shape index (κ2) is 11.0. The lowest BCUT2D eigenvalue weighted by atomic mass is 9.92. The summed E-state index contributed by atoms with van der Waals surface area (Å²) >= 11 is 0. The molecule has 1 aliphatic heterocycles. The standard InChI is InChI=1S/C17H34N2O2/c1-4-5-11-18-17(20)16-10-9-15(2)19(14-16)12-7-6-8-13-21-3/h15-16H,4-14H2,1-3H3,(H,18,20)/t15-,16+/m0/s1. The number of methoxy groups -OCH3 is 1. The number of rotatable bonds is 10. The number of unbranched alkanes of at least 4 members (excludes halogenated alkanes) is 3. The fraction of sp³-hybridized carbons (Fsp3) is 0.941. The first-order valence-corrected chi connectivity index (χ1v) is 8.69. The minimum Gasteiger partial charge on any atom is -0.385 e. The van der Waals surface area contributed by atoms with Crippen molar-refractivity contribution in [2.75, 3.05) is 33.4 Å². The van der Waals surface area contributed by atoms with Crippen molar-refractivity contribution in [1.82, 2.24) is 10.2 Å². The van der Waals surface area contributed by atoms with Crippen LogP contribution in [-0.4, -0.2) is 50.2 Å². The average Bonchev–Trinajstić information content (AvgIpc) is 2.49. The van der Waals surface area contributed by atoms with Crippen LogP contribution in [0.4, 0.5) is 0 Å². The van der Waals surface area contributed by atoms with Crippen molar-refractivity contribution in [3.05, 3.63) is 0 Å². The van der Waals surface area contributed by atoms with Gasteiger partial charge in [-0.15, -0.1) is 0 Å². The van der Waals surface area contributed by atoms with Gasteiger partial charge >= 0.3 is 0 Å². The Morgan fingerprint density at radius 1 is 1.24 bits per heavy atom. The van der Waals surface area contributed by atoms with Gasteiger partial charge in [-0.1, -0.05) is 13.3 Å². The summed E-state index contributed by atoms with van der Waals surface area (Å²) < 4.78 is 5.08. The zero-order valence-electron chi connectivity index (χ0n) is 14.2. The van der Waals surface area contributed by atoms with Crippen LogP contribution < -0.4 is 5.32 Å². The molecule has 0 unspecified atom stereocenters. The van der Waals surface area contributed by atoms with Gasteiger partial charge in [0.1, 0.15) is 0 Å². The summed E-state index contributed by atoms with van der Waals surface area (Å²) in [5.41, 5.74) is 0. The third kappa shape index (κ3) is 7.28. The van der Waals surface area contributed by atoms with Crippen molar-refractivity contribution < 1.29 is 9.53 Å². The number of hydrogen-bond donors (Lipinski definition) is 1. The number of amides is 1. The Morgan fingerprint density at radius 3 is 2.76 bits per heavy atom. The Balaban J connectivity index is 2.27. The van der Waals surface area contributed by atoms with E-state index < -0.39 is 0 Å². The van der Waals surface area contributed by atoms with Gasteiger partial charge in [0.15, 0.2) is 0 Å². The van der Waals surface area contributed by atoms with Gasteiger partial charge in [-0.2, -0.15) is 0 Å². The number of piperidine rings is 1. The predicted molar refractivity (Wildman–Crippen MR) is 87.4 cm³/mol. The van der Waals surface area contributed by atoms with Crippen LogP contribution >= 0.6 is 0 Å². The van der Waals surface area contributed by atoms with E-state index in [4.69, 9.17) is 4.74 Å². The van der Waals surface area contributed by atoms with Crippen molar-refractivity contribution in [2.45, 2.75) is 64.8 Å². The monoisotopic (exact) mass is 298 g/mol. The molecule has 21 heavy (non-hydrogen) atoms. The van der Waals surface area contributed by atoms with E-state index in [1.54, 1.807) is 7.11 Å². The Labute approximate surface area is 130 Å². The third-order valence-corrected chi connectivity index (χ3v) is 4.51. The normalized spacial score (nSPS) is 23.2. The Kier molecular flexibility index (Phi) is 9.68. The molecule has 1 heterocycles. The molecule has 0 bridgehead atoms. The van der Waals surface area contributed by atoms with Crippen LogP contribution in [0.2, 0.25) is 0 Å². The number of nitrogens with one attached hydrogen (secondary N) is 1. The van der Waals surface area contributed by atoms with E-state index in [9.17, 15) is 4.79 Å². The summed E-state index contributed by atoms with van der Waals surface area (Å²) in [4.78, 5) is 14.7. The zero-order chi connectivity index (χ0) is 15.5. The molecule has 1 aliphatic rings. The summed E-state index contributed by atoms with van der Waals surface area (Å²) in [6, 6.07) is 0.618. The summed E-state index contributed by atoms with van der Waals surface area (Å²) in [7, 11) is 1.76. The van der Waals surface area contributed by atoms with E-state index in [2.05, 4.69) is 24.1 Å². The fourth-order valence-electron chi connectivity index (χ4n) is 2.98. The first kappa shape index (κ1) is 18.4. The van der Waals surface area contributed by atoms with Crippen LogP contribution in [0.1, 0.15) is 58.8 Å². The smallest absolute Gasteiger partial charge is 0.224 e. The van der Waals surface area contributed by atoms with Crippen molar-refractivity contribution in [2.24, 2.45) is 5.92 Å². The van der Waals surface area contributed by atoms with Gasteiger partial charge in [-0.25, -0.2) is 0 Å². The van der Waals surface area contributed by atoms with Gasteiger partial charge in [-0.05, 0) is 52.0 Å². The largest absolute Gasteiger partial charge is 0.385 e. The highest BCUT2D eigenvalue weighted by molar-refractivity contribution is 5.78. The third-order valence-electron chi connectivity index (χ3n) is 4.51. The first-order chi connectivity index (χ1) is 10.2. The van der Waals surface area contributed by atoms with E-state index >= 15 is 0 Å². The highest BCUT2D eigenvalue weighted by Gasteiger charge is 2.29. The van der Waals surface area contributed by atoms with Gasteiger partial charge in [-0.3, -0.25) is 9.69 Å². The van der Waals surface area contributed by atoms with E-state index in [1.165, 1.54) is 12.8 Å². The number of likely N-dealkylation sites (tertiary alicyclic amines) is 1. The quantitative estimate of drug-likeness (QED) is 0.631. The topological polar surface area (TPSA) is 41.6 Å². The molecular weight excluding hydrogens is 264 g/mol. The van der Waals surface area contributed by atoms with Gasteiger partial charge in [0.05, 0.1) is 5.92 Å². The van der Waals surface area contributed by atoms with Crippen molar-refractivity contribution in [3.8, 4) is 0 Å². The van der Waals surface area contributed by atoms with Crippen LogP contribution in [0.25, 0.3) is 0 Å². The molecule has 1 fully saturated rings. The highest BCUT2D eigenvalue weighted by atomic mass is 16.5. The minimum absolute atomic E-state index is 0.192. The fourth-order valence-corrected chi connectivity index (χ4v) is 2.98. The maximum absolute atomic E-state index is 12.2. The average molecular weight is 298 g/mol. The van der Waals surface area contributed by atoms with Crippen molar-refractivity contribution >= 4 is 5.91 Å². The lowest BCUT2D eigenvalue weighted by Crippen LogP contribution is -2.47. The van der Waals surface area contributed by atoms with Gasteiger partial charge in [0.2, 0.25) is 5.91 Å². The number of hydrogen-bond acceptors (Lipinski definition) is 3. The zero-order valence-corrected chi connectivity index (χ0v) is 14.2. The Bertz CT molecular complexity index is 284. The molecular formula is C17H34N2O2. The molecule has 1 saturated heterocycles. The number of nitrogens with zero attached hydrogens (tertiary/aromatic N) is 1. The molecule has 0 saturated carbocycles. The molecule has 124 valence electrons. The summed E-state index contributed by atoms with van der Waals surface area (Å²) in [6.07, 6.45) is 7.96. The van der Waals surface area contributed by atoms with Crippen LogP contribution in [0.3, 0.4) is 0 Å². The summed E-state index contributed by atoms with van der Waals surface area (Å²) in [5, 5.41) is 3.09. The lowest BCUT2D eigenvalue weighted by molar-refractivity contribution is -0.127. The van der Waals surface area contributed by atoms with E-state index in [1.807, 2.05) is 0 Å². The predicted octanol–water partition coefficient (Wildman–Crippen LogP) is 2.82. The minimum atomic E-state index is 0.192. The second-order valence-corrected chi connectivity index (χ2v) is 6.32. The van der Waals surface area contributed by atoms with Crippen LogP contribution in [0.5, 0.6) is 0 Å².